The predicted octanol–water partition coefficient (Wildman–Crippen LogP) is 4.37. The van der Waals surface area contributed by atoms with E-state index >= 15 is 0 Å². The summed E-state index contributed by atoms with van der Waals surface area (Å²) < 4.78 is 11.0. The van der Waals surface area contributed by atoms with Gasteiger partial charge in [0.2, 0.25) is 0 Å². The molecule has 1 aromatic heterocycles. The van der Waals surface area contributed by atoms with Gasteiger partial charge in [0.15, 0.2) is 0 Å². The van der Waals surface area contributed by atoms with Crippen molar-refractivity contribution in [3.8, 4) is 11.1 Å². The quantitative estimate of drug-likeness (QED) is 0.423. The topological polar surface area (TPSA) is 91.9 Å². The van der Waals surface area contributed by atoms with Gasteiger partial charge in [-0.3, -0.25) is 0 Å². The molecule has 4 aromatic rings. The van der Waals surface area contributed by atoms with Crippen molar-refractivity contribution in [2.75, 3.05) is 13.2 Å². The van der Waals surface area contributed by atoms with E-state index in [0.717, 1.165) is 27.6 Å². The highest BCUT2D eigenvalue weighted by Crippen LogP contribution is 2.44. The van der Waals surface area contributed by atoms with E-state index in [1.165, 1.54) is 0 Å². The van der Waals surface area contributed by atoms with Gasteiger partial charge in [-0.2, -0.15) is 0 Å². The van der Waals surface area contributed by atoms with Crippen LogP contribution in [0, 0.1) is 0 Å². The molecule has 2 atom stereocenters. The fourth-order valence-corrected chi connectivity index (χ4v) is 4.29. The second kappa shape index (κ2) is 8.49. The van der Waals surface area contributed by atoms with Crippen LogP contribution in [0.5, 0.6) is 0 Å². The summed E-state index contributed by atoms with van der Waals surface area (Å²) in [5.74, 6) is 0.201. The van der Waals surface area contributed by atoms with Gasteiger partial charge in [0, 0.05) is 17.8 Å². The first-order valence-electron chi connectivity index (χ1n) is 10.6. The Balaban J connectivity index is 1.18. The zero-order valence-electron chi connectivity index (χ0n) is 17.3. The third kappa shape index (κ3) is 3.75. The van der Waals surface area contributed by atoms with Crippen molar-refractivity contribution >= 4 is 17.1 Å². The Morgan fingerprint density at radius 3 is 2.25 bits per heavy atom. The number of rotatable bonds is 6. The molecule has 2 unspecified atom stereocenters. The van der Waals surface area contributed by atoms with E-state index in [9.17, 15) is 15.0 Å². The van der Waals surface area contributed by atoms with E-state index in [1.54, 1.807) is 12.1 Å². The third-order valence-corrected chi connectivity index (χ3v) is 5.90. The Morgan fingerprint density at radius 2 is 1.56 bits per heavy atom. The van der Waals surface area contributed by atoms with E-state index in [-0.39, 0.29) is 24.8 Å². The van der Waals surface area contributed by atoms with Crippen LogP contribution in [0.1, 0.15) is 28.9 Å². The standard InChI is InChI=1S/C26H23NO5/c28-22(25(29)24-13-16-7-1-6-12-23(16)32-24)14-27-26(30)31-15-21-19-10-4-2-8-17(19)18-9-3-5-11-20(18)21/h1-13,21-22,25,28-29H,14-15H2,(H,27,30). The van der Waals surface area contributed by atoms with Gasteiger partial charge in [-0.15, -0.1) is 0 Å². The number of amides is 1. The van der Waals surface area contributed by atoms with E-state index < -0.39 is 18.3 Å². The number of nitrogens with one attached hydrogen (secondary N) is 1. The molecule has 6 heteroatoms. The van der Waals surface area contributed by atoms with Crippen molar-refractivity contribution in [1.82, 2.24) is 5.32 Å². The zero-order valence-corrected chi connectivity index (χ0v) is 17.3. The van der Waals surface area contributed by atoms with Crippen LogP contribution in [0.25, 0.3) is 22.1 Å². The number of hydrogen-bond acceptors (Lipinski definition) is 5. The number of aliphatic hydroxyl groups is 2. The zero-order chi connectivity index (χ0) is 22.1. The number of furan rings is 1. The fourth-order valence-electron chi connectivity index (χ4n) is 4.29. The smallest absolute Gasteiger partial charge is 0.407 e. The first-order chi connectivity index (χ1) is 15.6. The number of aliphatic hydroxyl groups excluding tert-OH is 2. The second-order valence-electron chi connectivity index (χ2n) is 7.91. The van der Waals surface area contributed by atoms with Crippen LogP contribution < -0.4 is 5.32 Å². The predicted molar refractivity (Wildman–Crippen MR) is 120 cm³/mol. The highest BCUT2D eigenvalue weighted by molar-refractivity contribution is 5.79. The summed E-state index contributed by atoms with van der Waals surface area (Å²) >= 11 is 0. The summed E-state index contributed by atoms with van der Waals surface area (Å²) in [5.41, 5.74) is 5.19. The van der Waals surface area contributed by atoms with Crippen molar-refractivity contribution in [2.24, 2.45) is 0 Å². The Labute approximate surface area is 185 Å². The van der Waals surface area contributed by atoms with Gasteiger partial charge in [-0.25, -0.2) is 4.79 Å². The van der Waals surface area contributed by atoms with Crippen molar-refractivity contribution in [3.63, 3.8) is 0 Å². The van der Waals surface area contributed by atoms with E-state index in [4.69, 9.17) is 9.15 Å². The molecule has 1 heterocycles. The van der Waals surface area contributed by atoms with E-state index in [1.807, 2.05) is 42.5 Å². The van der Waals surface area contributed by atoms with Gasteiger partial charge < -0.3 is 24.7 Å². The van der Waals surface area contributed by atoms with Gasteiger partial charge in [0.1, 0.15) is 30.2 Å². The van der Waals surface area contributed by atoms with Crippen LogP contribution in [0.4, 0.5) is 4.79 Å². The second-order valence-corrected chi connectivity index (χ2v) is 7.91. The maximum Gasteiger partial charge on any atom is 0.407 e. The highest BCUT2D eigenvalue weighted by Gasteiger charge is 2.29. The molecule has 5 rings (SSSR count). The van der Waals surface area contributed by atoms with Crippen LogP contribution in [0.2, 0.25) is 0 Å². The van der Waals surface area contributed by atoms with Crippen LogP contribution in [0.15, 0.2) is 83.3 Å². The minimum Gasteiger partial charge on any atom is -0.458 e. The molecule has 1 aliphatic carbocycles. The monoisotopic (exact) mass is 429 g/mol. The fraction of sp³-hybridized carbons (Fsp3) is 0.192. The highest BCUT2D eigenvalue weighted by atomic mass is 16.5. The Hall–Kier alpha value is -3.61. The number of ether oxygens (including phenoxy) is 1. The number of alkyl carbamates (subject to hydrolysis) is 1. The van der Waals surface area contributed by atoms with E-state index in [0.29, 0.717) is 5.58 Å². The van der Waals surface area contributed by atoms with Crippen molar-refractivity contribution < 1.29 is 24.2 Å². The molecule has 3 N–H and O–H groups in total. The molecule has 0 saturated heterocycles. The molecule has 6 nitrogen and oxygen atoms in total. The minimum absolute atomic E-state index is 0.0424. The largest absolute Gasteiger partial charge is 0.458 e. The summed E-state index contributed by atoms with van der Waals surface area (Å²) in [6.07, 6.45) is -3.16. The summed E-state index contributed by atoms with van der Waals surface area (Å²) in [4.78, 5) is 12.3. The Kier molecular flexibility index (Phi) is 5.39. The van der Waals surface area contributed by atoms with E-state index in [2.05, 4.69) is 29.6 Å². The summed E-state index contributed by atoms with van der Waals surface area (Å²) in [6, 6.07) is 25.2. The van der Waals surface area contributed by atoms with Crippen LogP contribution in [-0.2, 0) is 4.74 Å². The van der Waals surface area contributed by atoms with Gasteiger partial charge in [-0.1, -0.05) is 66.7 Å². The molecule has 0 spiro atoms. The molecule has 3 aromatic carbocycles. The maximum absolute atomic E-state index is 12.3. The molecule has 0 aliphatic heterocycles. The number of benzene rings is 3. The summed E-state index contributed by atoms with van der Waals surface area (Å²) in [5, 5.41) is 24.1. The summed E-state index contributed by atoms with van der Waals surface area (Å²) in [7, 11) is 0. The lowest BCUT2D eigenvalue weighted by atomic mass is 9.98. The lowest BCUT2D eigenvalue weighted by molar-refractivity contribution is 0.00694. The molecule has 0 fully saturated rings. The lowest BCUT2D eigenvalue weighted by Gasteiger charge is -2.18. The molecule has 162 valence electrons. The van der Waals surface area contributed by atoms with Crippen LogP contribution in [-0.4, -0.2) is 35.6 Å². The number of carbonyl (C=O) groups is 1. The van der Waals surface area contributed by atoms with Crippen LogP contribution >= 0.6 is 0 Å². The molecular weight excluding hydrogens is 406 g/mol. The third-order valence-electron chi connectivity index (χ3n) is 5.90. The number of hydrogen-bond donors (Lipinski definition) is 3. The van der Waals surface area contributed by atoms with Crippen molar-refractivity contribution in [1.29, 1.82) is 0 Å². The molecule has 0 radical (unpaired) electrons. The Morgan fingerprint density at radius 1 is 0.938 bits per heavy atom. The van der Waals surface area contributed by atoms with Gasteiger partial charge in [-0.05, 0) is 34.4 Å². The van der Waals surface area contributed by atoms with Gasteiger partial charge in [0.05, 0.1) is 0 Å². The molecule has 0 bridgehead atoms. The molecule has 32 heavy (non-hydrogen) atoms. The molecule has 1 aliphatic rings. The summed E-state index contributed by atoms with van der Waals surface area (Å²) in [6.45, 7) is 0.0109. The number of para-hydroxylation sites is 1. The van der Waals surface area contributed by atoms with Crippen molar-refractivity contribution in [3.05, 3.63) is 95.7 Å². The number of fused-ring (bicyclic) bond motifs is 4. The minimum atomic E-state index is -1.27. The van der Waals surface area contributed by atoms with Crippen LogP contribution in [0.3, 0.4) is 0 Å². The molecular formula is C26H23NO5. The molecule has 0 saturated carbocycles. The lowest BCUT2D eigenvalue weighted by Crippen LogP contribution is -2.36. The SMILES string of the molecule is O=C(NCC(O)C(O)c1cc2ccccc2o1)OCC1c2ccccc2-c2ccccc21. The van der Waals surface area contributed by atoms with Gasteiger partial charge in [0.25, 0.3) is 0 Å². The average Bonchev–Trinajstić information content (AvgIpc) is 3.40. The average molecular weight is 429 g/mol. The molecule has 1 amide bonds. The Bertz CT molecular complexity index is 1190. The van der Waals surface area contributed by atoms with Gasteiger partial charge >= 0.3 is 6.09 Å². The maximum atomic E-state index is 12.3. The first-order valence-corrected chi connectivity index (χ1v) is 10.6. The normalized spacial score (nSPS) is 14.6. The number of carbonyl (C=O) groups excluding carboxylic acids is 1. The van der Waals surface area contributed by atoms with Crippen molar-refractivity contribution in [2.45, 2.75) is 18.1 Å². The first kappa shape index (κ1) is 20.3.